The van der Waals surface area contributed by atoms with Crippen LogP contribution in [0.15, 0.2) is 0 Å². The van der Waals surface area contributed by atoms with E-state index in [-0.39, 0.29) is 5.78 Å². The molecule has 0 fully saturated rings. The van der Waals surface area contributed by atoms with Crippen LogP contribution in [-0.4, -0.2) is 88.5 Å². The Morgan fingerprint density at radius 2 is 1.20 bits per heavy atom. The molecule has 3 unspecified atom stereocenters. The Kier molecular flexibility index (Phi) is 9.96. The monoisotopic (exact) mass is 290 g/mol. The highest BCUT2D eigenvalue weighted by atomic mass is 16.3. The maximum atomic E-state index is 11.2. The third-order valence-corrected chi connectivity index (χ3v) is 2.75. The zero-order chi connectivity index (χ0) is 15.7. The molecule has 0 heterocycles. The van der Waals surface area contributed by atoms with E-state index in [9.17, 15) is 20.1 Å². The molecule has 0 radical (unpaired) electrons. The smallest absolute Gasteiger partial charge is 0.143 e. The predicted octanol–water partition coefficient (Wildman–Crippen LogP) is -0.678. The molecule has 0 spiro atoms. The number of hydrogen-bond donors (Lipinski definition) is 3. The van der Waals surface area contributed by atoms with Crippen LogP contribution in [0.1, 0.15) is 27.7 Å². The summed E-state index contributed by atoms with van der Waals surface area (Å²) in [7, 11) is 0. The van der Waals surface area contributed by atoms with Crippen molar-refractivity contribution in [3.8, 4) is 0 Å². The van der Waals surface area contributed by atoms with Gasteiger partial charge in [-0.05, 0) is 27.7 Å². The van der Waals surface area contributed by atoms with Crippen molar-refractivity contribution in [1.29, 1.82) is 0 Å². The number of ketones is 1. The Balaban J connectivity index is 4.38. The molecule has 0 amide bonds. The number of carbonyl (C=O) groups is 1. The first-order valence-electron chi connectivity index (χ1n) is 7.19. The van der Waals surface area contributed by atoms with Gasteiger partial charge in [0.15, 0.2) is 0 Å². The van der Waals surface area contributed by atoms with Gasteiger partial charge in [-0.2, -0.15) is 0 Å². The van der Waals surface area contributed by atoms with Crippen molar-refractivity contribution in [2.45, 2.75) is 46.0 Å². The average molecular weight is 290 g/mol. The molecule has 0 aromatic heterocycles. The number of Topliss-reactive ketones (excluding diaryl/α,β-unsaturated/α-hetero) is 1. The molecule has 0 saturated heterocycles. The molecule has 0 rings (SSSR count). The van der Waals surface area contributed by atoms with Crippen molar-refractivity contribution in [3.05, 3.63) is 0 Å². The molecule has 6 heteroatoms. The van der Waals surface area contributed by atoms with Gasteiger partial charge in [-0.3, -0.25) is 14.6 Å². The predicted molar refractivity (Wildman–Crippen MR) is 78.6 cm³/mol. The summed E-state index contributed by atoms with van der Waals surface area (Å²) in [6.45, 7) is 9.59. The van der Waals surface area contributed by atoms with Crippen LogP contribution in [0.25, 0.3) is 0 Å². The Morgan fingerprint density at radius 1 is 0.850 bits per heavy atom. The van der Waals surface area contributed by atoms with Crippen LogP contribution in [0.3, 0.4) is 0 Å². The quantitative estimate of drug-likeness (QED) is 0.468. The van der Waals surface area contributed by atoms with Gasteiger partial charge in [0.25, 0.3) is 0 Å². The highest BCUT2D eigenvalue weighted by Gasteiger charge is 2.15. The van der Waals surface area contributed by atoms with E-state index < -0.39 is 18.3 Å². The Bertz CT molecular complexity index is 260. The van der Waals surface area contributed by atoms with E-state index in [0.717, 1.165) is 0 Å². The van der Waals surface area contributed by atoms with Crippen molar-refractivity contribution < 1.29 is 20.1 Å². The first-order chi connectivity index (χ1) is 9.20. The molecular formula is C14H30N2O4. The first kappa shape index (κ1) is 19.5. The van der Waals surface area contributed by atoms with Gasteiger partial charge in [0.2, 0.25) is 0 Å². The standard InChI is InChI=1S/C14H30N2O4/c1-11(17)7-15(8-12(2)18)5-6-16(9-13(3)19)10-14(4)20/h11-13,17-19H,5-10H2,1-4H3. The Hall–Kier alpha value is -0.530. The lowest BCUT2D eigenvalue weighted by Crippen LogP contribution is -2.44. The Morgan fingerprint density at radius 3 is 1.55 bits per heavy atom. The van der Waals surface area contributed by atoms with Crippen LogP contribution in [0, 0.1) is 0 Å². The highest BCUT2D eigenvalue weighted by molar-refractivity contribution is 5.77. The maximum absolute atomic E-state index is 11.2. The second-order valence-electron chi connectivity index (χ2n) is 5.74. The van der Waals surface area contributed by atoms with Gasteiger partial charge in [0.05, 0.1) is 24.9 Å². The van der Waals surface area contributed by atoms with E-state index in [2.05, 4.69) is 0 Å². The second-order valence-corrected chi connectivity index (χ2v) is 5.74. The number of carbonyl (C=O) groups excluding carboxylic acids is 1. The molecule has 0 bridgehead atoms. The molecule has 0 aliphatic heterocycles. The molecule has 0 saturated carbocycles. The summed E-state index contributed by atoms with van der Waals surface area (Å²) >= 11 is 0. The maximum Gasteiger partial charge on any atom is 0.143 e. The van der Waals surface area contributed by atoms with Gasteiger partial charge in [-0.25, -0.2) is 0 Å². The van der Waals surface area contributed by atoms with Crippen LogP contribution < -0.4 is 0 Å². The van der Waals surface area contributed by atoms with E-state index in [1.165, 1.54) is 6.92 Å². The lowest BCUT2D eigenvalue weighted by molar-refractivity contribution is -0.118. The molecule has 20 heavy (non-hydrogen) atoms. The van der Waals surface area contributed by atoms with Crippen LogP contribution in [0.5, 0.6) is 0 Å². The van der Waals surface area contributed by atoms with Crippen molar-refractivity contribution in [2.75, 3.05) is 39.3 Å². The van der Waals surface area contributed by atoms with Gasteiger partial charge in [0, 0.05) is 32.7 Å². The first-order valence-corrected chi connectivity index (χ1v) is 7.19. The fourth-order valence-electron chi connectivity index (χ4n) is 2.21. The second kappa shape index (κ2) is 10.2. The number of hydrogen-bond acceptors (Lipinski definition) is 6. The molecule has 120 valence electrons. The topological polar surface area (TPSA) is 84.2 Å². The molecule has 3 N–H and O–H groups in total. The van der Waals surface area contributed by atoms with Crippen LogP contribution in [-0.2, 0) is 4.79 Å². The number of rotatable bonds is 11. The summed E-state index contributed by atoms with van der Waals surface area (Å²) in [4.78, 5) is 15.1. The van der Waals surface area contributed by atoms with E-state index in [4.69, 9.17) is 0 Å². The normalized spacial score (nSPS) is 16.4. The summed E-state index contributed by atoms with van der Waals surface area (Å²) < 4.78 is 0. The summed E-state index contributed by atoms with van der Waals surface area (Å²) in [5.41, 5.74) is 0. The van der Waals surface area contributed by atoms with E-state index in [1.54, 1.807) is 20.8 Å². The minimum absolute atomic E-state index is 0.0586. The Labute approximate surface area is 122 Å². The highest BCUT2D eigenvalue weighted by Crippen LogP contribution is 1.99. The molecule has 3 atom stereocenters. The van der Waals surface area contributed by atoms with Crippen LogP contribution >= 0.6 is 0 Å². The van der Waals surface area contributed by atoms with Gasteiger partial charge in [-0.1, -0.05) is 0 Å². The number of nitrogens with zero attached hydrogens (tertiary/aromatic N) is 2. The van der Waals surface area contributed by atoms with Crippen LogP contribution in [0.4, 0.5) is 0 Å². The SMILES string of the molecule is CC(=O)CN(CCN(CC(C)O)CC(C)O)CC(C)O. The largest absolute Gasteiger partial charge is 0.392 e. The summed E-state index contributed by atoms with van der Waals surface area (Å²) in [6, 6.07) is 0. The minimum Gasteiger partial charge on any atom is -0.392 e. The third kappa shape index (κ3) is 11.3. The van der Waals surface area contributed by atoms with Gasteiger partial charge in [-0.15, -0.1) is 0 Å². The molecule has 0 aromatic rings. The van der Waals surface area contributed by atoms with Crippen molar-refractivity contribution in [1.82, 2.24) is 9.80 Å². The lowest BCUT2D eigenvalue weighted by atomic mass is 10.2. The molecule has 6 nitrogen and oxygen atoms in total. The summed E-state index contributed by atoms with van der Waals surface area (Å²) in [6.07, 6.45) is -1.42. The van der Waals surface area contributed by atoms with Gasteiger partial charge in [0.1, 0.15) is 5.78 Å². The van der Waals surface area contributed by atoms with Crippen LogP contribution in [0.2, 0.25) is 0 Å². The number of aliphatic hydroxyl groups excluding tert-OH is 3. The molecule has 0 aliphatic rings. The van der Waals surface area contributed by atoms with E-state index in [0.29, 0.717) is 39.3 Å². The third-order valence-electron chi connectivity index (χ3n) is 2.75. The fraction of sp³-hybridized carbons (Fsp3) is 0.929. The fourth-order valence-corrected chi connectivity index (χ4v) is 2.21. The zero-order valence-corrected chi connectivity index (χ0v) is 13.1. The van der Waals surface area contributed by atoms with Crippen molar-refractivity contribution in [3.63, 3.8) is 0 Å². The van der Waals surface area contributed by atoms with Crippen molar-refractivity contribution >= 4 is 5.78 Å². The van der Waals surface area contributed by atoms with E-state index >= 15 is 0 Å². The lowest BCUT2D eigenvalue weighted by Gasteiger charge is -2.29. The molecule has 0 aliphatic carbocycles. The molecule has 0 aromatic carbocycles. The van der Waals surface area contributed by atoms with Gasteiger partial charge >= 0.3 is 0 Å². The molecular weight excluding hydrogens is 260 g/mol. The summed E-state index contributed by atoms with van der Waals surface area (Å²) in [5.74, 6) is 0.0586. The number of aliphatic hydroxyl groups is 3. The average Bonchev–Trinajstić information content (AvgIpc) is 2.22. The minimum atomic E-state index is -0.490. The zero-order valence-electron chi connectivity index (χ0n) is 13.1. The summed E-state index contributed by atoms with van der Waals surface area (Å²) in [5, 5.41) is 28.4. The van der Waals surface area contributed by atoms with E-state index in [1.807, 2.05) is 9.80 Å². The van der Waals surface area contributed by atoms with Crippen molar-refractivity contribution in [2.24, 2.45) is 0 Å². The van der Waals surface area contributed by atoms with Gasteiger partial charge < -0.3 is 15.3 Å².